The third-order valence-electron chi connectivity index (χ3n) is 11.2. The third kappa shape index (κ3) is 2.78. The minimum Gasteiger partial charge on any atom is -0.391 e. The molecule has 0 radical (unpaired) electrons. The number of rotatable bonds is 2. The summed E-state index contributed by atoms with van der Waals surface area (Å²) in [7, 11) is 0. The van der Waals surface area contributed by atoms with E-state index >= 15 is 0 Å². The second-order valence-electron chi connectivity index (χ2n) is 12.9. The topological polar surface area (TPSA) is 71.6 Å². The summed E-state index contributed by atoms with van der Waals surface area (Å²) in [4.78, 5) is 6.77. The molecule has 2 unspecified atom stereocenters. The van der Waals surface area contributed by atoms with E-state index in [1.165, 1.54) is 40.3 Å². The van der Waals surface area contributed by atoms with E-state index in [9.17, 15) is 5.11 Å². The van der Waals surface area contributed by atoms with Crippen LogP contribution in [0.3, 0.4) is 0 Å². The lowest BCUT2D eigenvalue weighted by Gasteiger charge is -2.56. The lowest BCUT2D eigenvalue weighted by molar-refractivity contribution is -0.155. The Morgan fingerprint density at radius 3 is 2.89 bits per heavy atom. The molecular weight excluding hydrogens is 446 g/mol. The van der Waals surface area contributed by atoms with Crippen molar-refractivity contribution in [3.63, 3.8) is 0 Å². The molecule has 3 aliphatic carbocycles. The van der Waals surface area contributed by atoms with Crippen LogP contribution in [-0.4, -0.2) is 57.5 Å². The van der Waals surface area contributed by atoms with Crippen molar-refractivity contribution in [1.82, 2.24) is 9.88 Å². The van der Waals surface area contributed by atoms with E-state index in [1.54, 1.807) is 0 Å². The fraction of sp³-hybridized carbons (Fsp3) is 0.581. The first kappa shape index (κ1) is 22.0. The molecule has 2 saturated heterocycles. The van der Waals surface area contributed by atoms with E-state index in [4.69, 9.17) is 10.5 Å². The Bertz CT molecular complexity index is 1310. The zero-order valence-electron chi connectivity index (χ0n) is 21.2. The lowest BCUT2D eigenvalue weighted by Crippen LogP contribution is -2.65. The van der Waals surface area contributed by atoms with E-state index in [1.807, 2.05) is 12.4 Å². The number of aromatic nitrogens is 1. The number of fused-ring (bicyclic) bond motifs is 2. The Balaban J connectivity index is 1.15. The molecule has 4 heterocycles. The number of likely N-dealkylation sites (tertiary alicyclic amines) is 1. The van der Waals surface area contributed by atoms with Crippen molar-refractivity contribution in [3.8, 4) is 0 Å². The van der Waals surface area contributed by atoms with Crippen LogP contribution in [0.4, 0.5) is 0 Å². The monoisotopic (exact) mass is 483 g/mol. The SMILES string of the molecule is C[C@]12CC=C3C=C4C[C@@H](O)[C@@H](N5CC(N)C5)C[C@]45CCC3(O5)[C@@H]1CCC2c1ccc2ccncc2c1. The fourth-order valence-electron chi connectivity index (χ4n) is 9.42. The molecule has 2 spiro atoms. The van der Waals surface area contributed by atoms with Gasteiger partial charge in [-0.05, 0) is 96.4 Å². The molecule has 1 aromatic carbocycles. The summed E-state index contributed by atoms with van der Waals surface area (Å²) < 4.78 is 7.42. The molecule has 1 aromatic heterocycles. The van der Waals surface area contributed by atoms with Crippen LogP contribution in [0.15, 0.2) is 60.0 Å². The van der Waals surface area contributed by atoms with Gasteiger partial charge in [0, 0.05) is 43.0 Å². The van der Waals surface area contributed by atoms with Crippen LogP contribution in [0.2, 0.25) is 0 Å². The second kappa shape index (κ2) is 7.28. The highest BCUT2D eigenvalue weighted by atomic mass is 16.5. The summed E-state index contributed by atoms with van der Waals surface area (Å²) in [5, 5.41) is 13.6. The largest absolute Gasteiger partial charge is 0.391 e. The smallest absolute Gasteiger partial charge is 0.0974 e. The molecule has 0 amide bonds. The molecule has 3 aliphatic heterocycles. The molecular formula is C31H37N3O2. The van der Waals surface area contributed by atoms with Gasteiger partial charge in [0.15, 0.2) is 0 Å². The standard InChI is InChI=1S/C31H37N3O2/c1-29-8-6-22-13-23-14-27(35)26(34-17-24(32)18-34)15-30(23)9-10-31(22,36-30)28(29)5-4-25(29)20-3-2-19-7-11-33-16-21(19)12-20/h2-3,6-7,11-13,16,24-28,35H,4-5,8-10,14-15,17-18,32H2,1H3/t25?,26-,27+,28+,29+,30+,31?/m0/s1. The number of hydrogen-bond acceptors (Lipinski definition) is 5. The van der Waals surface area contributed by atoms with Crippen molar-refractivity contribution in [2.45, 2.75) is 87.2 Å². The van der Waals surface area contributed by atoms with Crippen LogP contribution in [0, 0.1) is 11.3 Å². The van der Waals surface area contributed by atoms with Crippen molar-refractivity contribution in [1.29, 1.82) is 0 Å². The maximum atomic E-state index is 11.1. The van der Waals surface area contributed by atoms with Gasteiger partial charge in [0.05, 0.1) is 17.3 Å². The van der Waals surface area contributed by atoms with Crippen LogP contribution in [0.1, 0.15) is 63.4 Å². The molecule has 5 nitrogen and oxygen atoms in total. The Kier molecular flexibility index (Phi) is 4.45. The third-order valence-corrected chi connectivity index (χ3v) is 11.2. The maximum absolute atomic E-state index is 11.1. The zero-order chi connectivity index (χ0) is 24.3. The molecule has 7 atom stereocenters. The van der Waals surface area contributed by atoms with Crippen LogP contribution in [0.5, 0.6) is 0 Å². The Morgan fingerprint density at radius 1 is 1.14 bits per heavy atom. The van der Waals surface area contributed by atoms with Gasteiger partial charge in [0.2, 0.25) is 0 Å². The van der Waals surface area contributed by atoms with Crippen LogP contribution in [-0.2, 0) is 4.74 Å². The summed E-state index contributed by atoms with van der Waals surface area (Å²) in [6.45, 7) is 4.33. The molecule has 8 rings (SSSR count). The summed E-state index contributed by atoms with van der Waals surface area (Å²) >= 11 is 0. The average Bonchev–Trinajstić information content (AvgIpc) is 3.38. The zero-order valence-corrected chi connectivity index (χ0v) is 21.2. The Hall–Kier alpha value is -2.05. The number of pyridine rings is 1. The van der Waals surface area contributed by atoms with Gasteiger partial charge in [-0.15, -0.1) is 0 Å². The summed E-state index contributed by atoms with van der Waals surface area (Å²) in [6.07, 6.45) is 15.9. The Morgan fingerprint density at radius 2 is 2.03 bits per heavy atom. The highest BCUT2D eigenvalue weighted by Crippen LogP contribution is 2.69. The van der Waals surface area contributed by atoms with Crippen molar-refractivity contribution in [2.75, 3.05) is 13.1 Å². The number of nitrogens with two attached hydrogens (primary N) is 1. The van der Waals surface area contributed by atoms with Gasteiger partial charge < -0.3 is 15.6 Å². The minimum atomic E-state index is -0.321. The van der Waals surface area contributed by atoms with Crippen molar-refractivity contribution in [3.05, 3.63) is 65.5 Å². The first-order valence-electron chi connectivity index (χ1n) is 14.0. The number of allylic oxidation sites excluding steroid dienone is 1. The first-order valence-corrected chi connectivity index (χ1v) is 14.0. The molecule has 3 N–H and O–H groups in total. The number of benzene rings is 1. The van der Waals surface area contributed by atoms with E-state index < -0.39 is 0 Å². The van der Waals surface area contributed by atoms with E-state index in [-0.39, 0.29) is 34.8 Å². The van der Waals surface area contributed by atoms with Crippen molar-refractivity contribution in [2.24, 2.45) is 17.1 Å². The quantitative estimate of drug-likeness (QED) is 0.660. The van der Waals surface area contributed by atoms with Crippen molar-refractivity contribution < 1.29 is 9.84 Å². The summed E-state index contributed by atoms with van der Waals surface area (Å²) in [5.41, 5.74) is 10.1. The predicted molar refractivity (Wildman–Crippen MR) is 140 cm³/mol. The average molecular weight is 484 g/mol. The normalized spacial score (nSPS) is 43.9. The molecule has 36 heavy (non-hydrogen) atoms. The first-order chi connectivity index (χ1) is 17.4. The van der Waals surface area contributed by atoms with Gasteiger partial charge in [-0.1, -0.05) is 31.2 Å². The highest BCUT2D eigenvalue weighted by Gasteiger charge is 2.67. The number of aliphatic hydroxyl groups is 1. The molecule has 6 aliphatic rings. The highest BCUT2D eigenvalue weighted by molar-refractivity contribution is 5.82. The number of nitrogens with zero attached hydrogens (tertiary/aromatic N) is 2. The summed E-state index contributed by atoms with van der Waals surface area (Å²) in [6, 6.07) is 9.55. The maximum Gasteiger partial charge on any atom is 0.0974 e. The van der Waals surface area contributed by atoms with E-state index in [0.29, 0.717) is 11.8 Å². The van der Waals surface area contributed by atoms with E-state index in [2.05, 4.69) is 53.2 Å². The van der Waals surface area contributed by atoms with Gasteiger partial charge in [0.1, 0.15) is 0 Å². The lowest BCUT2D eigenvalue weighted by atomic mass is 9.58. The molecule has 5 heteroatoms. The fourth-order valence-corrected chi connectivity index (χ4v) is 9.42. The van der Waals surface area contributed by atoms with E-state index in [0.717, 1.165) is 45.2 Å². The van der Waals surface area contributed by atoms with Gasteiger partial charge in [-0.25, -0.2) is 0 Å². The Labute approximate surface area is 213 Å². The van der Waals surface area contributed by atoms with Crippen LogP contribution in [0.25, 0.3) is 10.8 Å². The molecule has 2 aromatic rings. The van der Waals surface area contributed by atoms with Gasteiger partial charge in [-0.3, -0.25) is 9.88 Å². The minimum absolute atomic E-state index is 0.165. The summed E-state index contributed by atoms with van der Waals surface area (Å²) in [5.74, 6) is 1.06. The van der Waals surface area contributed by atoms with Crippen molar-refractivity contribution >= 4 is 10.8 Å². The van der Waals surface area contributed by atoms with Gasteiger partial charge in [-0.2, -0.15) is 0 Å². The predicted octanol–water partition coefficient (Wildman–Crippen LogP) is 4.46. The number of hydrogen-bond donors (Lipinski definition) is 2. The molecule has 2 bridgehead atoms. The molecule has 4 fully saturated rings. The van der Waals surface area contributed by atoms with Crippen LogP contribution < -0.4 is 5.73 Å². The second-order valence-corrected chi connectivity index (χ2v) is 12.9. The number of aliphatic hydroxyl groups excluding tert-OH is 1. The van der Waals surface area contributed by atoms with Crippen LogP contribution >= 0.6 is 0 Å². The number of ether oxygens (including phenoxy) is 1. The molecule has 188 valence electrons. The van der Waals surface area contributed by atoms with Gasteiger partial charge >= 0.3 is 0 Å². The van der Waals surface area contributed by atoms with Gasteiger partial charge in [0.25, 0.3) is 0 Å². The molecule has 2 saturated carbocycles.